The van der Waals surface area contributed by atoms with Crippen molar-refractivity contribution in [3.8, 4) is 0 Å². The van der Waals surface area contributed by atoms with Gasteiger partial charge in [-0.3, -0.25) is 4.79 Å². The highest BCUT2D eigenvalue weighted by Gasteiger charge is 2.14. The third-order valence-electron chi connectivity index (χ3n) is 3.79. The predicted molar refractivity (Wildman–Crippen MR) is 93.6 cm³/mol. The van der Waals surface area contributed by atoms with E-state index in [0.29, 0.717) is 10.6 Å². The minimum absolute atomic E-state index is 0.0479. The summed E-state index contributed by atoms with van der Waals surface area (Å²) in [7, 11) is 0. The molecule has 0 saturated heterocycles. The number of rotatable bonds is 7. The lowest BCUT2D eigenvalue weighted by atomic mass is 10.00. The molecule has 2 aromatic carbocycles. The van der Waals surface area contributed by atoms with E-state index in [9.17, 15) is 13.6 Å². The molecule has 1 amide bonds. The third kappa shape index (κ3) is 5.03. The van der Waals surface area contributed by atoms with E-state index in [1.807, 2.05) is 0 Å². The number of halogens is 3. The number of benzene rings is 2. The van der Waals surface area contributed by atoms with Crippen molar-refractivity contribution in [1.82, 2.24) is 0 Å². The SMILES string of the molecule is CCCCCCc1cc(Cl)ccc1C(=O)Nc1ccc(F)cc1F. The van der Waals surface area contributed by atoms with Crippen LogP contribution in [0.15, 0.2) is 36.4 Å². The van der Waals surface area contributed by atoms with Crippen LogP contribution in [0.25, 0.3) is 0 Å². The van der Waals surface area contributed by atoms with E-state index in [1.165, 1.54) is 6.07 Å². The molecule has 0 bridgehead atoms. The summed E-state index contributed by atoms with van der Waals surface area (Å²) in [5.41, 5.74) is 1.24. The van der Waals surface area contributed by atoms with Gasteiger partial charge in [-0.1, -0.05) is 37.8 Å². The fourth-order valence-electron chi connectivity index (χ4n) is 2.51. The number of amides is 1. The van der Waals surface area contributed by atoms with Crippen molar-refractivity contribution in [2.45, 2.75) is 39.0 Å². The zero-order chi connectivity index (χ0) is 17.5. The third-order valence-corrected chi connectivity index (χ3v) is 4.03. The molecule has 0 aromatic heterocycles. The summed E-state index contributed by atoms with van der Waals surface area (Å²) in [5.74, 6) is -1.92. The number of anilines is 1. The van der Waals surface area contributed by atoms with Crippen molar-refractivity contribution in [3.05, 3.63) is 64.2 Å². The van der Waals surface area contributed by atoms with E-state index in [-0.39, 0.29) is 5.69 Å². The van der Waals surface area contributed by atoms with Crippen LogP contribution in [0.3, 0.4) is 0 Å². The van der Waals surface area contributed by atoms with Gasteiger partial charge in [0.05, 0.1) is 5.69 Å². The summed E-state index contributed by atoms with van der Waals surface area (Å²) in [5, 5.41) is 3.05. The second-order valence-electron chi connectivity index (χ2n) is 5.69. The maximum atomic E-state index is 13.7. The average Bonchev–Trinajstić information content (AvgIpc) is 2.54. The summed E-state index contributed by atoms with van der Waals surface area (Å²) in [6.45, 7) is 2.13. The van der Waals surface area contributed by atoms with Gasteiger partial charge in [-0.05, 0) is 48.7 Å². The summed E-state index contributed by atoms with van der Waals surface area (Å²) in [6, 6.07) is 8.08. The second kappa shape index (κ2) is 8.78. The number of nitrogens with one attached hydrogen (secondary N) is 1. The molecule has 5 heteroatoms. The molecule has 0 atom stereocenters. The highest BCUT2D eigenvalue weighted by Crippen LogP contribution is 2.21. The molecule has 0 saturated carbocycles. The topological polar surface area (TPSA) is 29.1 Å². The fourth-order valence-corrected chi connectivity index (χ4v) is 2.71. The van der Waals surface area contributed by atoms with Crippen molar-refractivity contribution >= 4 is 23.2 Å². The number of carbonyl (C=O) groups is 1. The Morgan fingerprint density at radius 3 is 2.58 bits per heavy atom. The van der Waals surface area contributed by atoms with Crippen LogP contribution in [0, 0.1) is 11.6 Å². The van der Waals surface area contributed by atoms with Gasteiger partial charge in [0.2, 0.25) is 0 Å². The Hall–Kier alpha value is -1.94. The molecule has 0 fully saturated rings. The van der Waals surface area contributed by atoms with Crippen molar-refractivity contribution < 1.29 is 13.6 Å². The first-order valence-electron chi connectivity index (χ1n) is 8.06. The molecular formula is C19H20ClF2NO. The second-order valence-corrected chi connectivity index (χ2v) is 6.13. The van der Waals surface area contributed by atoms with Gasteiger partial charge in [-0.15, -0.1) is 0 Å². The molecule has 24 heavy (non-hydrogen) atoms. The summed E-state index contributed by atoms with van der Waals surface area (Å²) in [4.78, 5) is 12.5. The molecule has 2 aromatic rings. The largest absolute Gasteiger partial charge is 0.319 e. The molecule has 0 unspecified atom stereocenters. The van der Waals surface area contributed by atoms with Gasteiger partial charge in [-0.25, -0.2) is 8.78 Å². The molecule has 0 radical (unpaired) electrons. The van der Waals surface area contributed by atoms with Gasteiger partial charge in [-0.2, -0.15) is 0 Å². The average molecular weight is 352 g/mol. The normalized spacial score (nSPS) is 10.7. The van der Waals surface area contributed by atoms with Crippen LogP contribution in [-0.2, 0) is 6.42 Å². The van der Waals surface area contributed by atoms with E-state index in [2.05, 4.69) is 12.2 Å². The van der Waals surface area contributed by atoms with Crippen molar-refractivity contribution in [2.24, 2.45) is 0 Å². The Kier molecular flexibility index (Phi) is 6.73. The Labute approximate surface area is 145 Å². The minimum Gasteiger partial charge on any atom is -0.319 e. The Morgan fingerprint density at radius 2 is 1.88 bits per heavy atom. The van der Waals surface area contributed by atoms with E-state index in [4.69, 9.17) is 11.6 Å². The van der Waals surface area contributed by atoms with Crippen molar-refractivity contribution in [2.75, 3.05) is 5.32 Å². The number of aryl methyl sites for hydroxylation is 1. The van der Waals surface area contributed by atoms with Gasteiger partial charge in [0, 0.05) is 16.7 Å². The van der Waals surface area contributed by atoms with E-state index < -0.39 is 17.5 Å². The number of hydrogen-bond acceptors (Lipinski definition) is 1. The zero-order valence-corrected chi connectivity index (χ0v) is 14.3. The summed E-state index contributed by atoms with van der Waals surface area (Å²) >= 11 is 6.03. The lowest BCUT2D eigenvalue weighted by molar-refractivity contribution is 0.102. The number of carbonyl (C=O) groups excluding carboxylic acids is 1. The van der Waals surface area contributed by atoms with Crippen LogP contribution in [0.4, 0.5) is 14.5 Å². The first-order valence-corrected chi connectivity index (χ1v) is 8.44. The van der Waals surface area contributed by atoms with Crippen LogP contribution >= 0.6 is 11.6 Å². The van der Waals surface area contributed by atoms with Gasteiger partial charge in [0.1, 0.15) is 11.6 Å². The Bertz CT molecular complexity index is 719. The van der Waals surface area contributed by atoms with E-state index >= 15 is 0 Å². The van der Waals surface area contributed by atoms with Gasteiger partial charge < -0.3 is 5.32 Å². The smallest absolute Gasteiger partial charge is 0.256 e. The molecule has 0 spiro atoms. The van der Waals surface area contributed by atoms with E-state index in [1.54, 1.807) is 18.2 Å². The molecule has 2 nitrogen and oxygen atoms in total. The number of unbranched alkanes of at least 4 members (excludes halogenated alkanes) is 3. The van der Waals surface area contributed by atoms with Crippen LogP contribution < -0.4 is 5.32 Å². The number of hydrogen-bond donors (Lipinski definition) is 1. The standard InChI is InChI=1S/C19H20ClF2NO/c1-2-3-4-5-6-13-11-14(20)7-9-16(13)19(24)23-18-10-8-15(21)12-17(18)22/h7-12H,2-6H2,1H3,(H,23,24). The van der Waals surface area contributed by atoms with Crippen LogP contribution in [0.5, 0.6) is 0 Å². The predicted octanol–water partition coefficient (Wildman–Crippen LogP) is 5.99. The first kappa shape index (κ1) is 18.4. The fraction of sp³-hybridized carbons (Fsp3) is 0.316. The molecule has 128 valence electrons. The van der Waals surface area contributed by atoms with Gasteiger partial charge in [0.25, 0.3) is 5.91 Å². The van der Waals surface area contributed by atoms with Crippen molar-refractivity contribution in [1.29, 1.82) is 0 Å². The molecule has 1 N–H and O–H groups in total. The highest BCUT2D eigenvalue weighted by atomic mass is 35.5. The van der Waals surface area contributed by atoms with Crippen LogP contribution in [-0.4, -0.2) is 5.91 Å². The molecule has 2 rings (SSSR count). The molecular weight excluding hydrogens is 332 g/mol. The first-order chi connectivity index (χ1) is 11.5. The Balaban J connectivity index is 2.15. The van der Waals surface area contributed by atoms with Crippen molar-refractivity contribution in [3.63, 3.8) is 0 Å². The monoisotopic (exact) mass is 351 g/mol. The highest BCUT2D eigenvalue weighted by molar-refractivity contribution is 6.30. The van der Waals surface area contributed by atoms with Gasteiger partial charge in [0.15, 0.2) is 0 Å². The molecule has 0 aliphatic heterocycles. The Morgan fingerprint density at radius 1 is 1.08 bits per heavy atom. The maximum Gasteiger partial charge on any atom is 0.256 e. The minimum atomic E-state index is -0.804. The maximum absolute atomic E-state index is 13.7. The van der Waals surface area contributed by atoms with Crippen LogP contribution in [0.2, 0.25) is 5.02 Å². The van der Waals surface area contributed by atoms with E-state index in [0.717, 1.165) is 49.8 Å². The van der Waals surface area contributed by atoms with Gasteiger partial charge >= 0.3 is 0 Å². The summed E-state index contributed by atoms with van der Waals surface area (Å²) in [6.07, 6.45) is 5.04. The molecule has 0 heterocycles. The lowest BCUT2D eigenvalue weighted by Gasteiger charge is -2.11. The van der Waals surface area contributed by atoms with Crippen LogP contribution in [0.1, 0.15) is 48.5 Å². The summed E-state index contributed by atoms with van der Waals surface area (Å²) < 4.78 is 26.7. The lowest BCUT2D eigenvalue weighted by Crippen LogP contribution is -2.15. The quantitative estimate of drug-likeness (QED) is 0.609. The zero-order valence-electron chi connectivity index (χ0n) is 13.5. The molecule has 0 aliphatic rings. The molecule has 0 aliphatic carbocycles.